The molecule has 3 N–H and O–H groups in total. The zero-order chi connectivity index (χ0) is 14.6. The Morgan fingerprint density at radius 3 is 2.70 bits per heavy atom. The van der Waals surface area contributed by atoms with Crippen molar-refractivity contribution in [2.45, 2.75) is 4.90 Å². The molecule has 1 heterocycles. The summed E-state index contributed by atoms with van der Waals surface area (Å²) in [5, 5.41) is 0. The number of benzene rings is 1. The van der Waals surface area contributed by atoms with Crippen molar-refractivity contribution in [2.75, 3.05) is 45.1 Å². The predicted octanol–water partition coefficient (Wildman–Crippen LogP) is 0.642. The van der Waals surface area contributed by atoms with Gasteiger partial charge in [-0.25, -0.2) is 13.1 Å². The Morgan fingerprint density at radius 2 is 2.05 bits per heavy atom. The van der Waals surface area contributed by atoms with Crippen LogP contribution in [0.3, 0.4) is 0 Å². The lowest BCUT2D eigenvalue weighted by Gasteiger charge is -2.26. The zero-order valence-electron chi connectivity index (χ0n) is 11.0. The van der Waals surface area contributed by atoms with E-state index in [9.17, 15) is 8.42 Å². The number of morpholine rings is 1. The number of ether oxygens (including phenoxy) is 1. The van der Waals surface area contributed by atoms with Crippen LogP contribution >= 0.6 is 15.9 Å². The van der Waals surface area contributed by atoms with E-state index in [1.165, 1.54) is 12.1 Å². The third-order valence-electron chi connectivity index (χ3n) is 3.11. The molecule has 1 aliphatic heterocycles. The average Bonchev–Trinajstić information content (AvgIpc) is 2.43. The third-order valence-corrected chi connectivity index (χ3v) is 5.25. The van der Waals surface area contributed by atoms with E-state index in [0.29, 0.717) is 36.5 Å². The summed E-state index contributed by atoms with van der Waals surface area (Å²) in [6.45, 7) is 4.16. The van der Waals surface area contributed by atoms with E-state index in [0.717, 1.165) is 13.1 Å². The van der Waals surface area contributed by atoms with Crippen molar-refractivity contribution in [1.29, 1.82) is 0 Å². The summed E-state index contributed by atoms with van der Waals surface area (Å²) in [6.07, 6.45) is 0. The largest absolute Gasteiger partial charge is 0.398 e. The minimum atomic E-state index is -3.49. The maximum Gasteiger partial charge on any atom is 0.240 e. The standard InChI is InChI=1S/C12H18BrN3O3S/c13-11-9-10(1-2-12(11)14)20(17,18)15-3-4-16-5-7-19-8-6-16/h1-2,9,15H,3-8,14H2. The number of hydrogen-bond donors (Lipinski definition) is 2. The summed E-state index contributed by atoms with van der Waals surface area (Å²) in [5.41, 5.74) is 6.16. The molecule has 0 saturated carbocycles. The SMILES string of the molecule is Nc1ccc(S(=O)(=O)NCCN2CCOCC2)cc1Br. The summed E-state index contributed by atoms with van der Waals surface area (Å²) in [6, 6.07) is 4.57. The lowest BCUT2D eigenvalue weighted by molar-refractivity contribution is 0.0390. The molecular weight excluding hydrogens is 346 g/mol. The van der Waals surface area contributed by atoms with Gasteiger partial charge < -0.3 is 10.5 Å². The molecule has 0 amide bonds. The smallest absolute Gasteiger partial charge is 0.240 e. The molecule has 0 spiro atoms. The van der Waals surface area contributed by atoms with Gasteiger partial charge in [0.1, 0.15) is 0 Å². The number of nitrogens with one attached hydrogen (secondary N) is 1. The quantitative estimate of drug-likeness (QED) is 0.750. The fourth-order valence-electron chi connectivity index (χ4n) is 1.92. The van der Waals surface area contributed by atoms with Gasteiger partial charge in [0.2, 0.25) is 10.0 Å². The van der Waals surface area contributed by atoms with Gasteiger partial charge >= 0.3 is 0 Å². The van der Waals surface area contributed by atoms with E-state index < -0.39 is 10.0 Å². The highest BCUT2D eigenvalue weighted by atomic mass is 79.9. The highest BCUT2D eigenvalue weighted by molar-refractivity contribution is 9.10. The van der Waals surface area contributed by atoms with Gasteiger partial charge in [0, 0.05) is 36.3 Å². The average molecular weight is 364 g/mol. The number of hydrogen-bond acceptors (Lipinski definition) is 5. The molecule has 1 aliphatic rings. The molecule has 0 unspecified atom stereocenters. The van der Waals surface area contributed by atoms with E-state index in [1.54, 1.807) is 6.07 Å². The molecule has 1 aromatic rings. The molecule has 0 atom stereocenters. The molecule has 112 valence electrons. The summed E-state index contributed by atoms with van der Waals surface area (Å²) in [4.78, 5) is 2.38. The van der Waals surface area contributed by atoms with Crippen LogP contribution in [-0.2, 0) is 14.8 Å². The molecule has 0 aliphatic carbocycles. The second-order valence-electron chi connectivity index (χ2n) is 4.54. The van der Waals surface area contributed by atoms with Gasteiger partial charge in [-0.3, -0.25) is 4.90 Å². The molecule has 6 nitrogen and oxygen atoms in total. The number of anilines is 1. The molecular formula is C12H18BrN3O3S. The first-order valence-electron chi connectivity index (χ1n) is 6.34. The van der Waals surface area contributed by atoms with Crippen LogP contribution in [-0.4, -0.2) is 52.7 Å². The van der Waals surface area contributed by atoms with Crippen LogP contribution in [0.5, 0.6) is 0 Å². The Labute approximate surface area is 127 Å². The van der Waals surface area contributed by atoms with Gasteiger partial charge in [-0.2, -0.15) is 0 Å². The topological polar surface area (TPSA) is 84.7 Å². The van der Waals surface area contributed by atoms with Crippen LogP contribution < -0.4 is 10.5 Å². The first-order chi connectivity index (χ1) is 9.49. The minimum Gasteiger partial charge on any atom is -0.398 e. The van der Waals surface area contributed by atoms with Gasteiger partial charge in [-0.1, -0.05) is 0 Å². The molecule has 2 rings (SSSR count). The molecule has 20 heavy (non-hydrogen) atoms. The second-order valence-corrected chi connectivity index (χ2v) is 7.16. The summed E-state index contributed by atoms with van der Waals surface area (Å²) in [5.74, 6) is 0. The predicted molar refractivity (Wildman–Crippen MR) is 81.0 cm³/mol. The van der Waals surface area contributed by atoms with Crippen LogP contribution in [0, 0.1) is 0 Å². The normalized spacial score (nSPS) is 17.2. The molecule has 0 aromatic heterocycles. The highest BCUT2D eigenvalue weighted by Crippen LogP contribution is 2.22. The fourth-order valence-corrected chi connectivity index (χ4v) is 3.50. The van der Waals surface area contributed by atoms with Crippen LogP contribution in [0.1, 0.15) is 0 Å². The maximum absolute atomic E-state index is 12.1. The van der Waals surface area contributed by atoms with Gasteiger partial charge in [-0.05, 0) is 34.1 Å². The van der Waals surface area contributed by atoms with Gasteiger partial charge in [-0.15, -0.1) is 0 Å². The third kappa shape index (κ3) is 4.16. The van der Waals surface area contributed by atoms with Crippen molar-refractivity contribution >= 4 is 31.6 Å². The Kier molecular flexibility index (Phi) is 5.39. The molecule has 1 fully saturated rings. The van der Waals surface area contributed by atoms with Crippen LogP contribution in [0.2, 0.25) is 0 Å². The van der Waals surface area contributed by atoms with Crippen LogP contribution in [0.25, 0.3) is 0 Å². The van der Waals surface area contributed by atoms with Crippen molar-refractivity contribution < 1.29 is 13.2 Å². The van der Waals surface area contributed by atoms with E-state index in [-0.39, 0.29) is 4.90 Å². The lowest BCUT2D eigenvalue weighted by Crippen LogP contribution is -2.41. The number of nitrogen functional groups attached to an aromatic ring is 1. The van der Waals surface area contributed by atoms with Crippen molar-refractivity contribution in [1.82, 2.24) is 9.62 Å². The summed E-state index contributed by atoms with van der Waals surface area (Å²) < 4.78 is 32.7. The number of halogens is 1. The van der Waals surface area contributed by atoms with Crippen molar-refractivity contribution in [2.24, 2.45) is 0 Å². The Morgan fingerprint density at radius 1 is 1.35 bits per heavy atom. The van der Waals surface area contributed by atoms with Crippen molar-refractivity contribution in [3.63, 3.8) is 0 Å². The van der Waals surface area contributed by atoms with Gasteiger partial charge in [0.25, 0.3) is 0 Å². The van der Waals surface area contributed by atoms with Crippen molar-refractivity contribution in [3.8, 4) is 0 Å². The van der Waals surface area contributed by atoms with Gasteiger partial charge in [0.05, 0.1) is 18.1 Å². The zero-order valence-corrected chi connectivity index (χ0v) is 13.4. The Hall–Kier alpha value is -0.670. The Bertz CT molecular complexity index is 559. The summed E-state index contributed by atoms with van der Waals surface area (Å²) >= 11 is 3.23. The molecule has 8 heteroatoms. The first kappa shape index (κ1) is 15.7. The molecule has 1 aromatic carbocycles. The van der Waals surface area contributed by atoms with E-state index in [1.807, 2.05) is 0 Å². The fraction of sp³-hybridized carbons (Fsp3) is 0.500. The van der Waals surface area contributed by atoms with Crippen LogP contribution in [0.15, 0.2) is 27.6 Å². The molecule has 1 saturated heterocycles. The lowest BCUT2D eigenvalue weighted by atomic mass is 10.3. The number of nitrogens with two attached hydrogens (primary N) is 1. The molecule has 0 radical (unpaired) electrons. The van der Waals surface area contributed by atoms with E-state index in [2.05, 4.69) is 25.6 Å². The van der Waals surface area contributed by atoms with E-state index >= 15 is 0 Å². The molecule has 0 bridgehead atoms. The van der Waals surface area contributed by atoms with Gasteiger partial charge in [0.15, 0.2) is 0 Å². The van der Waals surface area contributed by atoms with E-state index in [4.69, 9.17) is 10.5 Å². The second kappa shape index (κ2) is 6.86. The van der Waals surface area contributed by atoms with Crippen LogP contribution in [0.4, 0.5) is 5.69 Å². The Balaban J connectivity index is 1.91. The highest BCUT2D eigenvalue weighted by Gasteiger charge is 2.16. The summed E-state index contributed by atoms with van der Waals surface area (Å²) in [7, 11) is -3.49. The number of nitrogens with zero attached hydrogens (tertiary/aromatic N) is 1. The van der Waals surface area contributed by atoms with Crippen molar-refractivity contribution in [3.05, 3.63) is 22.7 Å². The number of sulfonamides is 1. The first-order valence-corrected chi connectivity index (χ1v) is 8.61. The minimum absolute atomic E-state index is 0.209. The number of rotatable bonds is 5. The monoisotopic (exact) mass is 363 g/mol. The maximum atomic E-state index is 12.1.